The van der Waals surface area contributed by atoms with Crippen molar-refractivity contribution in [3.63, 3.8) is 0 Å². The van der Waals surface area contributed by atoms with Gasteiger partial charge in [0.15, 0.2) is 0 Å². The van der Waals surface area contributed by atoms with Crippen LogP contribution in [0, 0.1) is 6.92 Å². The number of benzene rings is 2. The summed E-state index contributed by atoms with van der Waals surface area (Å²) in [5, 5.41) is 3.11. The molecule has 0 radical (unpaired) electrons. The zero-order valence-corrected chi connectivity index (χ0v) is 22.4. The van der Waals surface area contributed by atoms with Gasteiger partial charge in [-0.25, -0.2) is 8.42 Å². The van der Waals surface area contributed by atoms with Gasteiger partial charge in [0, 0.05) is 12.6 Å². The summed E-state index contributed by atoms with van der Waals surface area (Å²) >= 11 is 0. The molecule has 3 rings (SSSR count). The molecular formula is C27H37N3O5S. The number of methoxy groups -OCH3 is 1. The maximum atomic E-state index is 13.7. The molecule has 1 aliphatic rings. The van der Waals surface area contributed by atoms with Crippen LogP contribution in [-0.2, 0) is 26.2 Å². The Balaban J connectivity index is 1.92. The smallest absolute Gasteiger partial charge is 0.244 e. The van der Waals surface area contributed by atoms with Gasteiger partial charge in [0.05, 0.1) is 19.1 Å². The van der Waals surface area contributed by atoms with E-state index in [0.717, 1.165) is 47.4 Å². The van der Waals surface area contributed by atoms with Crippen molar-refractivity contribution in [3.8, 4) is 5.75 Å². The van der Waals surface area contributed by atoms with Crippen molar-refractivity contribution < 1.29 is 22.7 Å². The second kappa shape index (κ2) is 12.3. The molecule has 2 aromatic carbocycles. The highest BCUT2D eigenvalue weighted by Crippen LogP contribution is 2.22. The molecule has 0 saturated heterocycles. The van der Waals surface area contributed by atoms with Crippen LogP contribution in [0.4, 0.5) is 5.69 Å². The molecule has 8 nitrogen and oxygen atoms in total. The molecule has 1 aliphatic carbocycles. The number of carbonyl (C=O) groups is 2. The summed E-state index contributed by atoms with van der Waals surface area (Å²) in [6.45, 7) is 3.51. The first-order chi connectivity index (χ1) is 17.1. The van der Waals surface area contributed by atoms with E-state index in [9.17, 15) is 18.0 Å². The van der Waals surface area contributed by atoms with Gasteiger partial charge in [-0.15, -0.1) is 0 Å². The highest BCUT2D eigenvalue weighted by atomic mass is 32.2. The van der Waals surface area contributed by atoms with Gasteiger partial charge in [0.2, 0.25) is 21.8 Å². The van der Waals surface area contributed by atoms with Crippen molar-refractivity contribution in [1.82, 2.24) is 10.2 Å². The van der Waals surface area contributed by atoms with Crippen LogP contribution in [0.15, 0.2) is 48.5 Å². The molecular weight excluding hydrogens is 478 g/mol. The molecule has 2 aromatic rings. The van der Waals surface area contributed by atoms with Gasteiger partial charge in [-0.2, -0.15) is 0 Å². The first-order valence-corrected chi connectivity index (χ1v) is 14.2. The number of amides is 2. The van der Waals surface area contributed by atoms with Crippen LogP contribution in [0.5, 0.6) is 5.75 Å². The van der Waals surface area contributed by atoms with Crippen LogP contribution in [0.1, 0.15) is 50.2 Å². The molecule has 0 spiro atoms. The Morgan fingerprint density at radius 3 is 2.36 bits per heavy atom. The Morgan fingerprint density at radius 1 is 1.11 bits per heavy atom. The number of sulfonamides is 1. The Kier molecular flexibility index (Phi) is 9.37. The van der Waals surface area contributed by atoms with Crippen molar-refractivity contribution in [2.24, 2.45) is 0 Å². The van der Waals surface area contributed by atoms with Gasteiger partial charge in [-0.1, -0.05) is 49.6 Å². The summed E-state index contributed by atoms with van der Waals surface area (Å²) in [6.07, 6.45) is 5.50. The zero-order valence-electron chi connectivity index (χ0n) is 21.6. The Labute approximate surface area is 214 Å². The first-order valence-electron chi connectivity index (χ1n) is 12.4. The SMILES string of the molecule is CCC(C(=O)NC1CCCC1)N(Cc1cccc(OC)c1)C(=O)CN(c1ccc(C)cc1)S(C)(=O)=O. The lowest BCUT2D eigenvalue weighted by Gasteiger charge is -2.33. The fourth-order valence-corrected chi connectivity index (χ4v) is 5.43. The highest BCUT2D eigenvalue weighted by Gasteiger charge is 2.33. The molecule has 0 bridgehead atoms. The molecule has 36 heavy (non-hydrogen) atoms. The molecule has 196 valence electrons. The Hall–Kier alpha value is -3.07. The third-order valence-corrected chi connectivity index (χ3v) is 7.72. The first kappa shape index (κ1) is 27.5. The minimum absolute atomic E-state index is 0.111. The highest BCUT2D eigenvalue weighted by molar-refractivity contribution is 7.92. The minimum Gasteiger partial charge on any atom is -0.497 e. The Bertz CT molecular complexity index is 1140. The van der Waals surface area contributed by atoms with Crippen LogP contribution in [0.2, 0.25) is 0 Å². The van der Waals surface area contributed by atoms with E-state index >= 15 is 0 Å². The van der Waals surface area contributed by atoms with Crippen LogP contribution in [0.3, 0.4) is 0 Å². The molecule has 2 amide bonds. The largest absolute Gasteiger partial charge is 0.497 e. The fraction of sp³-hybridized carbons (Fsp3) is 0.481. The number of aryl methyl sites for hydroxylation is 1. The van der Waals surface area contributed by atoms with Gasteiger partial charge < -0.3 is 15.0 Å². The summed E-state index contributed by atoms with van der Waals surface area (Å²) in [6, 6.07) is 13.7. The molecule has 0 aromatic heterocycles. The van der Waals surface area contributed by atoms with Crippen molar-refractivity contribution >= 4 is 27.5 Å². The number of hydrogen-bond acceptors (Lipinski definition) is 5. The zero-order chi connectivity index (χ0) is 26.3. The van der Waals surface area contributed by atoms with Crippen molar-refractivity contribution in [2.45, 2.75) is 64.6 Å². The van der Waals surface area contributed by atoms with E-state index in [-0.39, 0.29) is 18.5 Å². The Morgan fingerprint density at radius 2 is 1.78 bits per heavy atom. The van der Waals surface area contributed by atoms with Crippen molar-refractivity contribution in [2.75, 3.05) is 24.2 Å². The predicted molar refractivity (Wildman–Crippen MR) is 141 cm³/mol. The number of ether oxygens (including phenoxy) is 1. The van der Waals surface area contributed by atoms with E-state index in [0.29, 0.717) is 17.9 Å². The lowest BCUT2D eigenvalue weighted by molar-refractivity contribution is -0.140. The van der Waals surface area contributed by atoms with Crippen LogP contribution in [-0.4, -0.2) is 57.1 Å². The topological polar surface area (TPSA) is 96.0 Å². The molecule has 1 saturated carbocycles. The van der Waals surface area contributed by atoms with E-state index < -0.39 is 28.5 Å². The fourth-order valence-electron chi connectivity index (χ4n) is 4.58. The lowest BCUT2D eigenvalue weighted by Crippen LogP contribution is -2.53. The van der Waals surface area contributed by atoms with Crippen molar-refractivity contribution in [1.29, 1.82) is 0 Å². The van der Waals surface area contributed by atoms with E-state index in [1.165, 1.54) is 4.90 Å². The van der Waals surface area contributed by atoms with E-state index in [2.05, 4.69) is 5.32 Å². The third kappa shape index (κ3) is 7.22. The number of carbonyl (C=O) groups excluding carboxylic acids is 2. The summed E-state index contributed by atoms with van der Waals surface area (Å²) < 4.78 is 31.8. The van der Waals surface area contributed by atoms with Gasteiger partial charge in [-0.05, 0) is 56.0 Å². The minimum atomic E-state index is -3.75. The summed E-state index contributed by atoms with van der Waals surface area (Å²) in [5.74, 6) is -0.0140. The van der Waals surface area contributed by atoms with E-state index in [1.54, 1.807) is 31.4 Å². The molecule has 1 atom stereocenters. The molecule has 9 heteroatoms. The van der Waals surface area contributed by atoms with Gasteiger partial charge in [0.1, 0.15) is 18.3 Å². The second-order valence-corrected chi connectivity index (χ2v) is 11.3. The van der Waals surface area contributed by atoms with Gasteiger partial charge >= 0.3 is 0 Å². The summed E-state index contributed by atoms with van der Waals surface area (Å²) in [5.41, 5.74) is 2.17. The number of anilines is 1. The molecule has 1 fully saturated rings. The molecule has 1 unspecified atom stereocenters. The normalized spacial score (nSPS) is 14.8. The van der Waals surface area contributed by atoms with Gasteiger partial charge in [0.25, 0.3) is 0 Å². The lowest BCUT2D eigenvalue weighted by atomic mass is 10.1. The van der Waals surface area contributed by atoms with Crippen molar-refractivity contribution in [3.05, 3.63) is 59.7 Å². The summed E-state index contributed by atoms with van der Waals surface area (Å²) in [4.78, 5) is 28.6. The quantitative estimate of drug-likeness (QED) is 0.493. The number of hydrogen-bond donors (Lipinski definition) is 1. The molecule has 0 heterocycles. The maximum Gasteiger partial charge on any atom is 0.244 e. The number of nitrogens with zero attached hydrogens (tertiary/aromatic N) is 2. The monoisotopic (exact) mass is 515 g/mol. The van der Waals surface area contributed by atoms with Gasteiger partial charge in [-0.3, -0.25) is 13.9 Å². The van der Waals surface area contributed by atoms with E-state index in [4.69, 9.17) is 4.74 Å². The van der Waals surface area contributed by atoms with Crippen LogP contribution in [0.25, 0.3) is 0 Å². The van der Waals surface area contributed by atoms with Crippen LogP contribution >= 0.6 is 0 Å². The average Bonchev–Trinajstić information content (AvgIpc) is 3.35. The van der Waals surface area contributed by atoms with Crippen LogP contribution < -0.4 is 14.4 Å². The third-order valence-electron chi connectivity index (χ3n) is 6.58. The maximum absolute atomic E-state index is 13.7. The summed E-state index contributed by atoms with van der Waals surface area (Å²) in [7, 11) is -2.18. The second-order valence-electron chi connectivity index (χ2n) is 9.39. The predicted octanol–water partition coefficient (Wildman–Crippen LogP) is 3.64. The standard InChI is InChI=1S/C27H37N3O5S/c1-5-25(27(32)28-22-10-6-7-11-22)29(18-21-9-8-12-24(17-21)35-3)26(31)19-30(36(4,33)34)23-15-13-20(2)14-16-23/h8-9,12-17,22,25H,5-7,10-11,18-19H2,1-4H3,(H,28,32). The molecule has 0 aliphatic heterocycles. The number of nitrogens with one attached hydrogen (secondary N) is 1. The average molecular weight is 516 g/mol. The molecule has 1 N–H and O–H groups in total. The number of rotatable bonds is 11. The van der Waals surface area contributed by atoms with E-state index in [1.807, 2.05) is 38.1 Å².